The molecule has 0 saturated carbocycles. The molecule has 0 aliphatic carbocycles. The molecule has 0 atom stereocenters. The molecular weight excluding hydrogens is 362 g/mol. The summed E-state index contributed by atoms with van der Waals surface area (Å²) in [4.78, 5) is 22.6. The molecule has 3 aromatic rings. The van der Waals surface area contributed by atoms with Gasteiger partial charge in [0.05, 0.1) is 4.88 Å². The second-order valence-corrected chi connectivity index (χ2v) is 7.87. The first-order valence-corrected chi connectivity index (χ1v) is 10.1. The van der Waals surface area contributed by atoms with E-state index in [9.17, 15) is 4.79 Å². The van der Waals surface area contributed by atoms with Crippen molar-refractivity contribution in [2.24, 2.45) is 5.73 Å². The van der Waals surface area contributed by atoms with Gasteiger partial charge >= 0.3 is 0 Å². The van der Waals surface area contributed by atoms with Gasteiger partial charge in [-0.15, -0.1) is 11.3 Å². The fraction of sp³-hybridized carbons (Fsp3) is 0.421. The average molecular weight is 385 g/mol. The molecule has 8 heteroatoms. The van der Waals surface area contributed by atoms with Gasteiger partial charge in [-0.2, -0.15) is 0 Å². The standard InChI is InChI=1S/C19H23N5O2S/c20-18(25)16-14(17(26-23-16)15-6-4-10-27-15)5-2-1-3-9-24-11-13(12-24)19-21-7-8-22-19/h4,6-8,10,13H,1-3,5,9,11-12H2,(H2,20,25)(H,21,22). The predicted molar refractivity (Wildman–Crippen MR) is 104 cm³/mol. The number of imidazole rings is 1. The summed E-state index contributed by atoms with van der Waals surface area (Å²) in [6.45, 7) is 3.25. The van der Waals surface area contributed by atoms with Crippen LogP contribution in [0.4, 0.5) is 0 Å². The number of unbranched alkanes of at least 4 members (excludes halogenated alkanes) is 2. The molecule has 3 aromatic heterocycles. The Labute approximate surface area is 161 Å². The molecule has 0 spiro atoms. The van der Waals surface area contributed by atoms with Crippen molar-refractivity contribution in [1.29, 1.82) is 0 Å². The lowest BCUT2D eigenvalue weighted by Gasteiger charge is -2.38. The number of hydrogen-bond acceptors (Lipinski definition) is 6. The zero-order valence-electron chi connectivity index (χ0n) is 15.1. The fourth-order valence-electron chi connectivity index (χ4n) is 3.58. The smallest absolute Gasteiger partial charge is 0.271 e. The fourth-order valence-corrected chi connectivity index (χ4v) is 4.30. The molecule has 1 saturated heterocycles. The molecule has 27 heavy (non-hydrogen) atoms. The molecule has 0 unspecified atom stereocenters. The van der Waals surface area contributed by atoms with Crippen LogP contribution in [0.5, 0.6) is 0 Å². The highest BCUT2D eigenvalue weighted by Gasteiger charge is 2.29. The Morgan fingerprint density at radius 3 is 2.96 bits per heavy atom. The van der Waals surface area contributed by atoms with Gasteiger partial charge in [0.1, 0.15) is 5.82 Å². The van der Waals surface area contributed by atoms with Gasteiger partial charge in [-0.25, -0.2) is 4.98 Å². The normalized spacial score (nSPS) is 15.1. The third-order valence-corrected chi connectivity index (χ3v) is 5.90. The quantitative estimate of drug-likeness (QED) is 0.551. The molecule has 142 valence electrons. The lowest BCUT2D eigenvalue weighted by Crippen LogP contribution is -2.45. The average Bonchev–Trinajstić information content (AvgIpc) is 3.37. The number of carbonyl (C=O) groups is 1. The molecule has 3 N–H and O–H groups in total. The topological polar surface area (TPSA) is 101 Å². The summed E-state index contributed by atoms with van der Waals surface area (Å²) < 4.78 is 5.41. The monoisotopic (exact) mass is 385 g/mol. The van der Waals surface area contributed by atoms with Crippen molar-refractivity contribution < 1.29 is 9.32 Å². The number of likely N-dealkylation sites (tertiary alicyclic amines) is 1. The Kier molecular flexibility index (Phi) is 5.35. The Morgan fingerprint density at radius 1 is 1.37 bits per heavy atom. The van der Waals surface area contributed by atoms with E-state index in [1.54, 1.807) is 11.3 Å². The minimum Gasteiger partial charge on any atom is -0.364 e. The van der Waals surface area contributed by atoms with Crippen LogP contribution in [-0.4, -0.2) is 45.6 Å². The van der Waals surface area contributed by atoms with Crippen molar-refractivity contribution in [3.8, 4) is 10.6 Å². The van der Waals surface area contributed by atoms with Crippen molar-refractivity contribution >= 4 is 17.2 Å². The van der Waals surface area contributed by atoms with Crippen LogP contribution in [0.3, 0.4) is 0 Å². The van der Waals surface area contributed by atoms with Crippen LogP contribution in [0, 0.1) is 0 Å². The van der Waals surface area contributed by atoms with Gasteiger partial charge in [0, 0.05) is 37.0 Å². The zero-order valence-corrected chi connectivity index (χ0v) is 15.9. The highest BCUT2D eigenvalue weighted by molar-refractivity contribution is 7.13. The van der Waals surface area contributed by atoms with Crippen molar-refractivity contribution in [2.75, 3.05) is 19.6 Å². The van der Waals surface area contributed by atoms with E-state index in [0.717, 1.165) is 61.6 Å². The Hall–Kier alpha value is -2.45. The maximum Gasteiger partial charge on any atom is 0.271 e. The maximum absolute atomic E-state index is 11.6. The summed E-state index contributed by atoms with van der Waals surface area (Å²) in [5.74, 6) is 1.80. The molecule has 0 radical (unpaired) electrons. The number of primary amides is 1. The van der Waals surface area contributed by atoms with Gasteiger partial charge in [-0.05, 0) is 37.3 Å². The minimum atomic E-state index is -0.527. The molecule has 0 aromatic carbocycles. The van der Waals surface area contributed by atoms with Crippen LogP contribution in [0.25, 0.3) is 10.6 Å². The lowest BCUT2D eigenvalue weighted by molar-refractivity contribution is 0.0991. The summed E-state index contributed by atoms with van der Waals surface area (Å²) in [7, 11) is 0. The summed E-state index contributed by atoms with van der Waals surface area (Å²) in [6.07, 6.45) is 7.66. The summed E-state index contributed by atoms with van der Waals surface area (Å²) in [6, 6.07) is 3.93. The predicted octanol–water partition coefficient (Wildman–Crippen LogP) is 3.04. The number of nitrogens with zero attached hydrogens (tertiary/aromatic N) is 3. The van der Waals surface area contributed by atoms with Gasteiger partial charge in [0.25, 0.3) is 5.91 Å². The Bertz CT molecular complexity index is 866. The summed E-state index contributed by atoms with van der Waals surface area (Å²) >= 11 is 1.57. The van der Waals surface area contributed by atoms with E-state index in [-0.39, 0.29) is 5.69 Å². The molecule has 7 nitrogen and oxygen atoms in total. The number of hydrogen-bond donors (Lipinski definition) is 2. The van der Waals surface area contributed by atoms with Gasteiger partial charge in [-0.3, -0.25) is 4.79 Å². The number of nitrogens with one attached hydrogen (secondary N) is 1. The number of aromatic nitrogens is 3. The van der Waals surface area contributed by atoms with Crippen molar-refractivity contribution in [3.63, 3.8) is 0 Å². The first-order chi connectivity index (χ1) is 13.2. The van der Waals surface area contributed by atoms with E-state index in [0.29, 0.717) is 11.7 Å². The number of carbonyl (C=O) groups excluding carboxylic acids is 1. The van der Waals surface area contributed by atoms with Crippen LogP contribution < -0.4 is 5.73 Å². The molecule has 0 bridgehead atoms. The molecule has 1 fully saturated rings. The van der Waals surface area contributed by atoms with Gasteiger partial charge in [-0.1, -0.05) is 17.6 Å². The van der Waals surface area contributed by atoms with E-state index in [4.69, 9.17) is 10.3 Å². The summed E-state index contributed by atoms with van der Waals surface area (Å²) in [5, 5.41) is 5.87. The van der Waals surface area contributed by atoms with Crippen molar-refractivity contribution in [2.45, 2.75) is 31.6 Å². The maximum atomic E-state index is 11.6. The van der Waals surface area contributed by atoms with Gasteiger partial charge < -0.3 is 20.1 Å². The largest absolute Gasteiger partial charge is 0.364 e. The van der Waals surface area contributed by atoms with E-state index >= 15 is 0 Å². The molecule has 4 rings (SSSR count). The van der Waals surface area contributed by atoms with Crippen molar-refractivity contribution in [3.05, 3.63) is 47.0 Å². The van der Waals surface area contributed by atoms with Crippen molar-refractivity contribution in [1.82, 2.24) is 20.0 Å². The van der Waals surface area contributed by atoms with Crippen LogP contribution >= 0.6 is 11.3 Å². The number of amides is 1. The number of aromatic amines is 1. The van der Waals surface area contributed by atoms with Crippen LogP contribution in [0.2, 0.25) is 0 Å². The van der Waals surface area contributed by atoms with Crippen LogP contribution in [0.1, 0.15) is 47.1 Å². The SMILES string of the molecule is NC(=O)c1noc(-c2cccs2)c1CCCCCN1CC(c2ncc[nH]2)C1. The first kappa shape index (κ1) is 17.9. The van der Waals surface area contributed by atoms with Crippen LogP contribution in [-0.2, 0) is 6.42 Å². The van der Waals surface area contributed by atoms with Gasteiger partial charge in [0.2, 0.25) is 0 Å². The molecular formula is C19H23N5O2S. The molecule has 1 aliphatic rings. The highest BCUT2D eigenvalue weighted by atomic mass is 32.1. The third kappa shape index (κ3) is 3.96. The summed E-state index contributed by atoms with van der Waals surface area (Å²) in [5.41, 5.74) is 6.56. The van der Waals surface area contributed by atoms with Gasteiger partial charge in [0.15, 0.2) is 11.5 Å². The molecule has 1 aliphatic heterocycles. The van der Waals surface area contributed by atoms with Crippen LogP contribution in [0.15, 0.2) is 34.4 Å². The Morgan fingerprint density at radius 2 is 2.26 bits per heavy atom. The second-order valence-electron chi connectivity index (χ2n) is 6.92. The second kappa shape index (κ2) is 8.06. The van der Waals surface area contributed by atoms with E-state index in [2.05, 4.69) is 20.0 Å². The number of thiophene rings is 1. The zero-order chi connectivity index (χ0) is 18.6. The van der Waals surface area contributed by atoms with E-state index in [1.165, 1.54) is 0 Å². The number of H-pyrrole nitrogens is 1. The molecule has 1 amide bonds. The van der Waals surface area contributed by atoms with E-state index < -0.39 is 5.91 Å². The molecule has 4 heterocycles. The third-order valence-electron chi connectivity index (χ3n) is 5.03. The minimum absolute atomic E-state index is 0.266. The Balaban J connectivity index is 1.24. The van der Waals surface area contributed by atoms with E-state index in [1.807, 2.05) is 29.9 Å². The highest BCUT2D eigenvalue weighted by Crippen LogP contribution is 2.31. The number of nitrogens with two attached hydrogens (primary N) is 1. The first-order valence-electron chi connectivity index (χ1n) is 9.26. The lowest BCUT2D eigenvalue weighted by atomic mass is 9.98. The number of rotatable bonds is 9.